The lowest BCUT2D eigenvalue weighted by Crippen LogP contribution is -2.10. The Bertz CT molecular complexity index is 951. The number of rotatable bonds is 8. The number of benzene rings is 1. The van der Waals surface area contributed by atoms with Crippen LogP contribution in [-0.4, -0.2) is 34.0 Å². The molecule has 3 rings (SSSR count). The lowest BCUT2D eigenvalue weighted by molar-refractivity contribution is -0.00504. The van der Waals surface area contributed by atoms with E-state index in [0.717, 1.165) is 18.4 Å². The van der Waals surface area contributed by atoms with Gasteiger partial charge in [0.1, 0.15) is 17.3 Å². The van der Waals surface area contributed by atoms with Crippen LogP contribution < -0.4 is 9.66 Å². The van der Waals surface area contributed by atoms with Gasteiger partial charge < -0.3 is 9.62 Å². The van der Waals surface area contributed by atoms with Crippen LogP contribution in [0.1, 0.15) is 23.3 Å². The first-order valence-electron chi connectivity index (χ1n) is 8.00. The van der Waals surface area contributed by atoms with Crippen LogP contribution in [0.2, 0.25) is 0 Å². The summed E-state index contributed by atoms with van der Waals surface area (Å²) in [6.45, 7) is 0. The smallest absolute Gasteiger partial charge is 0.222 e. The lowest BCUT2D eigenvalue weighted by Gasteiger charge is -2.10. The summed E-state index contributed by atoms with van der Waals surface area (Å²) < 4.78 is 17.9. The van der Waals surface area contributed by atoms with Crippen LogP contribution in [0.3, 0.4) is 0 Å². The van der Waals surface area contributed by atoms with Gasteiger partial charge in [0.15, 0.2) is 5.75 Å². The van der Waals surface area contributed by atoms with E-state index in [1.807, 2.05) is 6.07 Å². The molecule has 0 saturated heterocycles. The Morgan fingerprint density at radius 2 is 2.22 bits per heavy atom. The molecule has 10 heteroatoms. The average Bonchev–Trinajstić information content (AvgIpc) is 3.42. The Morgan fingerprint density at radius 3 is 2.78 bits per heavy atom. The molecule has 6 nitrogen and oxygen atoms in total. The van der Waals surface area contributed by atoms with Crippen molar-refractivity contribution in [1.29, 1.82) is 5.26 Å². The molecule has 142 valence electrons. The molecule has 0 bridgehead atoms. The minimum Gasteiger partial charge on any atom is -0.382 e. The molecule has 1 saturated carbocycles. The number of allylic oxidation sites excluding steroid dienone is 1. The maximum absolute atomic E-state index is 13.0. The third-order valence-corrected chi connectivity index (χ3v) is 6.71. The minimum atomic E-state index is -0.392. The van der Waals surface area contributed by atoms with Crippen molar-refractivity contribution in [3.05, 3.63) is 35.7 Å². The van der Waals surface area contributed by atoms with E-state index in [2.05, 4.69) is 30.9 Å². The van der Waals surface area contributed by atoms with Gasteiger partial charge in [-0.05, 0) is 43.0 Å². The van der Waals surface area contributed by atoms with Gasteiger partial charge in [-0.15, -0.1) is 0 Å². The van der Waals surface area contributed by atoms with Gasteiger partial charge in [0.25, 0.3) is 0 Å². The number of anilines is 1. The van der Waals surface area contributed by atoms with Crippen LogP contribution in [0.15, 0.2) is 30.0 Å². The number of halogens is 2. The van der Waals surface area contributed by atoms with Crippen molar-refractivity contribution in [2.24, 2.45) is 0 Å². The molecule has 0 atom stereocenters. The Balaban J connectivity index is 2.06. The van der Waals surface area contributed by atoms with E-state index in [4.69, 9.17) is 0 Å². The van der Waals surface area contributed by atoms with Gasteiger partial charge in [0.05, 0.1) is 11.2 Å². The van der Waals surface area contributed by atoms with Crippen molar-refractivity contribution in [3.63, 3.8) is 0 Å². The van der Waals surface area contributed by atoms with E-state index in [9.17, 15) is 14.6 Å². The molecule has 0 amide bonds. The summed E-state index contributed by atoms with van der Waals surface area (Å²) in [4.78, 5) is 18.5. The van der Waals surface area contributed by atoms with E-state index in [1.165, 1.54) is 27.3 Å². The van der Waals surface area contributed by atoms with Crippen LogP contribution in [0.5, 0.6) is 5.75 Å². The lowest BCUT2D eigenvalue weighted by atomic mass is 10.1. The van der Waals surface area contributed by atoms with Gasteiger partial charge in [-0.2, -0.15) is 5.26 Å². The summed E-state index contributed by atoms with van der Waals surface area (Å²) >= 11 is 3.61. The van der Waals surface area contributed by atoms with Gasteiger partial charge in [-0.1, -0.05) is 0 Å². The van der Waals surface area contributed by atoms with Crippen molar-refractivity contribution >= 4 is 64.6 Å². The number of carbonyl (C=O) groups excluding carboxylic acids is 1. The summed E-state index contributed by atoms with van der Waals surface area (Å²) in [5, 5.41) is 10.5. The monoisotopic (exact) mass is 518 g/mol. The zero-order valence-electron chi connectivity index (χ0n) is 14.5. The van der Waals surface area contributed by atoms with Crippen LogP contribution in [-0.2, 0) is 0 Å². The molecule has 0 aliphatic heterocycles. The van der Waals surface area contributed by atoms with Crippen molar-refractivity contribution in [2.45, 2.75) is 18.1 Å². The Kier molecular flexibility index (Phi) is 6.44. The van der Waals surface area contributed by atoms with Gasteiger partial charge >= 0.3 is 0 Å². The van der Waals surface area contributed by atoms with Crippen LogP contribution >= 0.6 is 42.3 Å². The normalized spacial score (nSPS) is 14.1. The zero-order valence-corrected chi connectivity index (χ0v) is 18.3. The number of fused-ring (bicyclic) bond motifs is 1. The molecular formula is C17H16FIN4O2S2. The minimum absolute atomic E-state index is 0.0270. The fraction of sp³-hybridized carbons (Fsp3) is 0.294. The highest BCUT2D eigenvalue weighted by molar-refractivity contribution is 14.2. The first-order chi connectivity index (χ1) is 13.0. The number of aromatic nitrogens is 1. The molecule has 0 unspecified atom stereocenters. The molecule has 0 spiro atoms. The number of hydrogen-bond acceptors (Lipinski definition) is 7. The molecule has 1 aromatic carbocycles. The summed E-state index contributed by atoms with van der Waals surface area (Å²) in [5.74, 6) is -0.328. The Morgan fingerprint density at radius 1 is 1.48 bits per heavy atom. The average molecular weight is 518 g/mol. The van der Waals surface area contributed by atoms with Crippen molar-refractivity contribution < 1.29 is 14.3 Å². The van der Waals surface area contributed by atoms with Crippen molar-refractivity contribution in [2.75, 3.05) is 18.8 Å². The summed E-state index contributed by atoms with van der Waals surface area (Å²) in [5.41, 5.74) is 1.62. The van der Waals surface area contributed by atoms with E-state index in [1.54, 1.807) is 41.2 Å². The Labute approximate surface area is 176 Å². The number of carbonyl (C=O) groups is 1. The standard InChI is InChI=1S/C17H16FIN4O2S2/c1-22(2)9-11(8-20)17(24)15-5-10-6-16(25-18)13(21-26-12-3-4-12)7-14(10)23(15)27-19/h5-7,9,12,21H,3-4H2,1-2H3/b11-9+. The summed E-state index contributed by atoms with van der Waals surface area (Å²) in [6.07, 6.45) is 3.76. The van der Waals surface area contributed by atoms with E-state index < -0.39 is 5.78 Å². The quantitative estimate of drug-likeness (QED) is 0.171. The van der Waals surface area contributed by atoms with E-state index in [-0.39, 0.29) is 11.3 Å². The third-order valence-electron chi connectivity index (χ3n) is 3.86. The third kappa shape index (κ3) is 4.47. The molecule has 2 aromatic rings. The predicted molar refractivity (Wildman–Crippen MR) is 117 cm³/mol. The van der Waals surface area contributed by atoms with E-state index in [0.29, 0.717) is 22.0 Å². The zero-order chi connectivity index (χ0) is 19.6. The number of nitrogens with one attached hydrogen (secondary N) is 1. The molecule has 1 aliphatic carbocycles. The van der Waals surface area contributed by atoms with Crippen LogP contribution in [0.25, 0.3) is 10.9 Å². The molecule has 1 N–H and O–H groups in total. The molecule has 0 radical (unpaired) electrons. The number of hydrogen-bond donors (Lipinski definition) is 1. The SMILES string of the molecule is CN(C)/C=C(\C#N)C(=O)c1cc2cc(OF)c(NSC3CC3)cc2n1SI. The number of nitriles is 1. The van der Waals surface area contributed by atoms with Crippen LogP contribution in [0.4, 0.5) is 10.2 Å². The highest BCUT2D eigenvalue weighted by Gasteiger charge is 2.24. The van der Waals surface area contributed by atoms with Gasteiger partial charge in [-0.25, -0.2) is 0 Å². The fourth-order valence-electron chi connectivity index (χ4n) is 2.45. The number of nitrogens with zero attached hydrogens (tertiary/aromatic N) is 3. The summed E-state index contributed by atoms with van der Waals surface area (Å²) in [6, 6.07) is 6.89. The molecule has 1 fully saturated rings. The van der Waals surface area contributed by atoms with E-state index >= 15 is 0 Å². The largest absolute Gasteiger partial charge is 0.382 e. The number of Topliss-reactive ketones (excluding diaryl/α,β-unsaturated/α-hetero) is 1. The second-order valence-corrected chi connectivity index (χ2v) is 9.04. The molecule has 27 heavy (non-hydrogen) atoms. The first-order valence-corrected chi connectivity index (χ1v) is 12.2. The van der Waals surface area contributed by atoms with Crippen LogP contribution in [0, 0.1) is 11.3 Å². The van der Waals surface area contributed by atoms with Crippen molar-refractivity contribution in [3.8, 4) is 11.8 Å². The maximum atomic E-state index is 13.0. The number of ketones is 1. The first kappa shape index (κ1) is 20.2. The molecule has 1 aliphatic rings. The van der Waals surface area contributed by atoms with Gasteiger partial charge in [-0.3, -0.25) is 13.7 Å². The second kappa shape index (κ2) is 8.62. The molecule has 1 heterocycles. The fourth-order valence-corrected chi connectivity index (χ4v) is 4.99. The molecule has 1 aromatic heterocycles. The molecular weight excluding hydrogens is 502 g/mol. The predicted octanol–water partition coefficient (Wildman–Crippen LogP) is 5.13. The second-order valence-electron chi connectivity index (χ2n) is 6.24. The topological polar surface area (TPSA) is 70.3 Å². The van der Waals surface area contributed by atoms with Crippen molar-refractivity contribution in [1.82, 2.24) is 8.87 Å². The summed E-state index contributed by atoms with van der Waals surface area (Å²) in [7, 11) is 4.80. The maximum Gasteiger partial charge on any atom is 0.222 e. The van der Waals surface area contributed by atoms with Gasteiger partial charge in [0.2, 0.25) is 5.78 Å². The highest BCUT2D eigenvalue weighted by Crippen LogP contribution is 2.40. The van der Waals surface area contributed by atoms with Gasteiger partial charge in [0, 0.05) is 65.8 Å². The highest BCUT2D eigenvalue weighted by atomic mass is 127. The Hall–Kier alpha value is -1.58.